The minimum atomic E-state index is -3.21. The van der Waals surface area contributed by atoms with E-state index in [1.807, 2.05) is 30.3 Å². The van der Waals surface area contributed by atoms with Crippen LogP contribution in [0.2, 0.25) is 0 Å². The largest absolute Gasteiger partial charge is 0.339 e. The quantitative estimate of drug-likeness (QED) is 0.740. The molecule has 0 bridgehead atoms. The zero-order valence-corrected chi connectivity index (χ0v) is 16.0. The Hall–Kier alpha value is -2.52. The van der Waals surface area contributed by atoms with Gasteiger partial charge in [0.2, 0.25) is 15.9 Å². The Morgan fingerprint density at radius 3 is 2.63 bits per heavy atom. The van der Waals surface area contributed by atoms with Gasteiger partial charge >= 0.3 is 0 Å². The van der Waals surface area contributed by atoms with Crippen molar-refractivity contribution >= 4 is 22.0 Å². The fourth-order valence-corrected chi connectivity index (χ4v) is 3.86. The molecular weight excluding hydrogens is 366 g/mol. The van der Waals surface area contributed by atoms with E-state index < -0.39 is 10.0 Å². The fraction of sp³-hybridized carbons (Fsp3) is 0.389. The molecule has 8 nitrogen and oxygen atoms in total. The molecular formula is C18H23N5O3S. The molecule has 27 heavy (non-hydrogen) atoms. The molecule has 0 saturated carbocycles. The average molecular weight is 389 g/mol. The number of hydrogen-bond acceptors (Lipinski definition) is 5. The maximum absolute atomic E-state index is 12.3. The molecule has 0 spiro atoms. The van der Waals surface area contributed by atoms with Crippen molar-refractivity contribution in [1.29, 1.82) is 0 Å². The lowest BCUT2D eigenvalue weighted by Crippen LogP contribution is -2.45. The molecule has 0 aliphatic carbocycles. The summed E-state index contributed by atoms with van der Waals surface area (Å²) in [7, 11) is -3.21. The summed E-state index contributed by atoms with van der Waals surface area (Å²) in [5.41, 5.74) is 1.74. The molecule has 3 rings (SSSR count). The highest BCUT2D eigenvalue weighted by molar-refractivity contribution is 7.88. The van der Waals surface area contributed by atoms with Crippen LogP contribution in [0.5, 0.6) is 0 Å². The molecule has 1 aromatic carbocycles. The molecule has 1 aliphatic rings. The van der Waals surface area contributed by atoms with E-state index in [-0.39, 0.29) is 11.9 Å². The molecule has 1 saturated heterocycles. The monoisotopic (exact) mass is 389 g/mol. The van der Waals surface area contributed by atoms with Crippen LogP contribution in [-0.4, -0.2) is 59.6 Å². The first kappa shape index (κ1) is 19.2. The third kappa shape index (κ3) is 6.00. The van der Waals surface area contributed by atoms with Crippen LogP contribution in [0.25, 0.3) is 6.08 Å². The zero-order chi connectivity index (χ0) is 19.3. The first-order valence-electron chi connectivity index (χ1n) is 8.77. The smallest absolute Gasteiger partial charge is 0.246 e. The second-order valence-corrected chi connectivity index (χ2v) is 8.43. The lowest BCUT2D eigenvalue weighted by molar-refractivity contribution is -0.126. The number of sulfonamides is 1. The number of benzene rings is 1. The minimum Gasteiger partial charge on any atom is -0.339 e. The Balaban J connectivity index is 1.50. The van der Waals surface area contributed by atoms with Gasteiger partial charge in [0, 0.05) is 25.2 Å². The molecule has 0 radical (unpaired) electrons. The summed E-state index contributed by atoms with van der Waals surface area (Å²) < 4.78 is 26.9. The Bertz CT molecular complexity index is 900. The summed E-state index contributed by atoms with van der Waals surface area (Å²) >= 11 is 0. The molecule has 1 amide bonds. The van der Waals surface area contributed by atoms with Gasteiger partial charge in [-0.15, -0.1) is 5.10 Å². The molecule has 0 atom stereocenters. The standard InChI is InChI=1S/C18H23N5O3S/c1-27(25,26)20-16-9-11-22(12-10-16)18(24)8-7-17-14-23(21-19-17)13-15-5-3-2-4-6-15/h2-8,14,16,20H,9-13H2,1H3/b8-7+. The number of nitrogens with one attached hydrogen (secondary N) is 1. The van der Waals surface area contributed by atoms with Gasteiger partial charge < -0.3 is 4.90 Å². The number of carbonyl (C=O) groups is 1. The molecule has 0 unspecified atom stereocenters. The molecule has 9 heteroatoms. The zero-order valence-electron chi connectivity index (χ0n) is 15.2. The van der Waals surface area contributed by atoms with Gasteiger partial charge in [-0.1, -0.05) is 35.5 Å². The fourth-order valence-electron chi connectivity index (χ4n) is 3.02. The number of piperidine rings is 1. The van der Waals surface area contributed by atoms with Gasteiger partial charge in [-0.25, -0.2) is 17.8 Å². The summed E-state index contributed by atoms with van der Waals surface area (Å²) in [4.78, 5) is 14.0. The molecule has 1 fully saturated rings. The number of carbonyl (C=O) groups excluding carboxylic acids is 1. The number of likely N-dealkylation sites (tertiary alicyclic amines) is 1. The molecule has 144 valence electrons. The highest BCUT2D eigenvalue weighted by Crippen LogP contribution is 2.12. The predicted molar refractivity (Wildman–Crippen MR) is 102 cm³/mol. The van der Waals surface area contributed by atoms with Crippen molar-refractivity contribution < 1.29 is 13.2 Å². The lowest BCUT2D eigenvalue weighted by atomic mass is 10.1. The van der Waals surface area contributed by atoms with E-state index >= 15 is 0 Å². The summed E-state index contributed by atoms with van der Waals surface area (Å²) in [6.45, 7) is 1.67. The lowest BCUT2D eigenvalue weighted by Gasteiger charge is -2.31. The highest BCUT2D eigenvalue weighted by atomic mass is 32.2. The van der Waals surface area contributed by atoms with E-state index in [0.29, 0.717) is 38.2 Å². The van der Waals surface area contributed by atoms with Crippen molar-refractivity contribution in [2.45, 2.75) is 25.4 Å². The minimum absolute atomic E-state index is 0.106. The summed E-state index contributed by atoms with van der Waals surface area (Å²) in [6.07, 6.45) is 7.30. The third-order valence-electron chi connectivity index (χ3n) is 4.33. The van der Waals surface area contributed by atoms with Crippen LogP contribution in [0.4, 0.5) is 0 Å². The number of nitrogens with zero attached hydrogens (tertiary/aromatic N) is 4. The molecule has 1 aromatic heterocycles. The average Bonchev–Trinajstić information content (AvgIpc) is 3.07. The second-order valence-electron chi connectivity index (χ2n) is 6.65. The molecule has 2 aromatic rings. The Labute approximate surface area is 158 Å². The maximum atomic E-state index is 12.3. The van der Waals surface area contributed by atoms with Gasteiger partial charge in [0.15, 0.2) is 0 Å². The molecule has 1 N–H and O–H groups in total. The summed E-state index contributed by atoms with van der Waals surface area (Å²) in [6, 6.07) is 9.84. The van der Waals surface area contributed by atoms with Gasteiger partial charge in [0.1, 0.15) is 5.69 Å². The Kier molecular flexibility index (Phi) is 6.02. The van der Waals surface area contributed by atoms with Gasteiger partial charge in [0.05, 0.1) is 19.0 Å². The Morgan fingerprint density at radius 2 is 1.96 bits per heavy atom. The molecule has 2 heterocycles. The highest BCUT2D eigenvalue weighted by Gasteiger charge is 2.23. The number of amides is 1. The van der Waals surface area contributed by atoms with Crippen LogP contribution >= 0.6 is 0 Å². The van der Waals surface area contributed by atoms with Gasteiger partial charge in [-0.2, -0.15) is 0 Å². The number of rotatable bonds is 6. The van der Waals surface area contributed by atoms with E-state index in [1.54, 1.807) is 21.9 Å². The van der Waals surface area contributed by atoms with Crippen molar-refractivity contribution in [1.82, 2.24) is 24.6 Å². The van der Waals surface area contributed by atoms with Crippen LogP contribution in [0.1, 0.15) is 24.1 Å². The van der Waals surface area contributed by atoms with Crippen molar-refractivity contribution in [2.24, 2.45) is 0 Å². The van der Waals surface area contributed by atoms with Crippen molar-refractivity contribution in [2.75, 3.05) is 19.3 Å². The summed E-state index contributed by atoms with van der Waals surface area (Å²) in [5.74, 6) is -0.106. The van der Waals surface area contributed by atoms with Crippen LogP contribution in [0, 0.1) is 0 Å². The second kappa shape index (κ2) is 8.45. The van der Waals surface area contributed by atoms with Gasteiger partial charge in [-0.3, -0.25) is 4.79 Å². The first-order chi connectivity index (χ1) is 12.9. The van der Waals surface area contributed by atoms with Crippen LogP contribution in [-0.2, 0) is 21.4 Å². The van der Waals surface area contributed by atoms with Crippen LogP contribution in [0.3, 0.4) is 0 Å². The maximum Gasteiger partial charge on any atom is 0.246 e. The van der Waals surface area contributed by atoms with E-state index in [1.165, 1.54) is 6.08 Å². The first-order valence-corrected chi connectivity index (χ1v) is 10.7. The summed E-state index contributed by atoms with van der Waals surface area (Å²) in [5, 5.41) is 8.13. The number of aromatic nitrogens is 3. The predicted octanol–water partition coefficient (Wildman–Crippen LogP) is 0.880. The van der Waals surface area contributed by atoms with E-state index in [4.69, 9.17) is 0 Å². The van der Waals surface area contributed by atoms with Crippen molar-refractivity contribution in [3.05, 3.63) is 53.9 Å². The normalized spacial score (nSPS) is 16.1. The van der Waals surface area contributed by atoms with Crippen molar-refractivity contribution in [3.8, 4) is 0 Å². The third-order valence-corrected chi connectivity index (χ3v) is 5.09. The topological polar surface area (TPSA) is 97.2 Å². The van der Waals surface area contributed by atoms with Crippen molar-refractivity contribution in [3.63, 3.8) is 0 Å². The van der Waals surface area contributed by atoms with E-state index in [9.17, 15) is 13.2 Å². The van der Waals surface area contributed by atoms with Gasteiger partial charge in [0.25, 0.3) is 0 Å². The van der Waals surface area contributed by atoms with Crippen LogP contribution < -0.4 is 4.72 Å². The van der Waals surface area contributed by atoms with Gasteiger partial charge in [-0.05, 0) is 24.5 Å². The van der Waals surface area contributed by atoms with E-state index in [2.05, 4.69) is 15.0 Å². The van der Waals surface area contributed by atoms with E-state index in [0.717, 1.165) is 11.8 Å². The Morgan fingerprint density at radius 1 is 1.26 bits per heavy atom. The van der Waals surface area contributed by atoms with Crippen LogP contribution in [0.15, 0.2) is 42.6 Å². The molecule has 1 aliphatic heterocycles. The number of hydrogen-bond donors (Lipinski definition) is 1. The SMILES string of the molecule is CS(=O)(=O)NC1CCN(C(=O)/C=C/c2cn(Cc3ccccc3)nn2)CC1.